The molecule has 0 saturated carbocycles. The van der Waals surface area contributed by atoms with Crippen LogP contribution in [-0.4, -0.2) is 9.91 Å². The fraction of sp³-hybridized carbons (Fsp3) is 1.00. The third-order valence-corrected chi connectivity index (χ3v) is 4.12. The molecule has 0 aliphatic heterocycles. The van der Waals surface area contributed by atoms with E-state index in [0.29, 0.717) is 0 Å². The molecule has 56 valence electrons. The monoisotopic (exact) mass is 260 g/mol. The highest BCUT2D eigenvalue weighted by Gasteiger charge is 2.27. The van der Waals surface area contributed by atoms with Gasteiger partial charge in [-0.3, -0.25) is 0 Å². The Morgan fingerprint density at radius 3 is 1.56 bits per heavy atom. The lowest BCUT2D eigenvalue weighted by Crippen LogP contribution is -2.26. The van der Waals surface area contributed by atoms with Gasteiger partial charge in [0.15, 0.2) is 5.08 Å². The average molecular weight is 262 g/mol. The van der Waals surface area contributed by atoms with Crippen LogP contribution in [0.15, 0.2) is 0 Å². The van der Waals surface area contributed by atoms with E-state index in [9.17, 15) is 4.39 Å². The standard InChI is InChI=1S/C6H11Br2F/c1-6(2,3)4(7)5(8)9/h4-5H,1-3H3. The number of halogens is 3. The molecule has 0 aromatic heterocycles. The molecule has 0 nitrogen and oxygen atoms in total. The van der Waals surface area contributed by atoms with E-state index in [0.717, 1.165) is 0 Å². The van der Waals surface area contributed by atoms with E-state index in [-0.39, 0.29) is 10.2 Å². The molecule has 0 bridgehead atoms. The van der Waals surface area contributed by atoms with E-state index in [1.807, 2.05) is 20.8 Å². The van der Waals surface area contributed by atoms with Crippen molar-refractivity contribution >= 4 is 31.9 Å². The van der Waals surface area contributed by atoms with Crippen molar-refractivity contribution in [3.05, 3.63) is 0 Å². The Morgan fingerprint density at radius 2 is 1.56 bits per heavy atom. The van der Waals surface area contributed by atoms with Crippen molar-refractivity contribution in [2.45, 2.75) is 30.7 Å². The first-order chi connectivity index (χ1) is 3.85. The molecule has 0 fully saturated rings. The molecule has 9 heavy (non-hydrogen) atoms. The topological polar surface area (TPSA) is 0 Å². The van der Waals surface area contributed by atoms with Gasteiger partial charge in [0.2, 0.25) is 0 Å². The van der Waals surface area contributed by atoms with Crippen LogP contribution in [0.5, 0.6) is 0 Å². The van der Waals surface area contributed by atoms with Gasteiger partial charge in [0.1, 0.15) is 0 Å². The van der Waals surface area contributed by atoms with E-state index >= 15 is 0 Å². The molecule has 3 heteroatoms. The molecule has 2 atom stereocenters. The van der Waals surface area contributed by atoms with E-state index in [1.54, 1.807) is 0 Å². The molecule has 0 aromatic carbocycles. The number of hydrogen-bond donors (Lipinski definition) is 0. The van der Waals surface area contributed by atoms with Crippen LogP contribution in [0, 0.1) is 5.41 Å². The van der Waals surface area contributed by atoms with Crippen LogP contribution >= 0.6 is 31.9 Å². The Kier molecular flexibility index (Phi) is 3.66. The van der Waals surface area contributed by atoms with Crippen molar-refractivity contribution in [3.63, 3.8) is 0 Å². The van der Waals surface area contributed by atoms with Gasteiger partial charge >= 0.3 is 0 Å². The lowest BCUT2D eigenvalue weighted by atomic mass is 9.93. The van der Waals surface area contributed by atoms with Crippen molar-refractivity contribution in [3.8, 4) is 0 Å². The maximum absolute atomic E-state index is 12.5. The van der Waals surface area contributed by atoms with Crippen LogP contribution in [0.25, 0.3) is 0 Å². The van der Waals surface area contributed by atoms with Crippen molar-refractivity contribution in [1.82, 2.24) is 0 Å². The largest absolute Gasteiger partial charge is 0.234 e. The summed E-state index contributed by atoms with van der Waals surface area (Å²) in [5.41, 5.74) is -0.0249. The fourth-order valence-corrected chi connectivity index (χ4v) is 1.17. The Hall–Kier alpha value is 0.890. The molecule has 2 unspecified atom stereocenters. The number of rotatable bonds is 1. The smallest absolute Gasteiger partial charge is 0.167 e. The summed E-state index contributed by atoms with van der Waals surface area (Å²) in [6.07, 6.45) is 0. The predicted molar refractivity (Wildman–Crippen MR) is 46.0 cm³/mol. The molecule has 0 aliphatic carbocycles. The van der Waals surface area contributed by atoms with Crippen molar-refractivity contribution in [1.29, 1.82) is 0 Å². The summed E-state index contributed by atoms with van der Waals surface area (Å²) < 4.78 is 12.5. The molecule has 0 heterocycles. The first-order valence-electron chi connectivity index (χ1n) is 2.78. The number of hydrogen-bond acceptors (Lipinski definition) is 0. The zero-order valence-electron chi connectivity index (χ0n) is 5.79. The van der Waals surface area contributed by atoms with Crippen LogP contribution in [0.3, 0.4) is 0 Å². The number of alkyl halides is 3. The van der Waals surface area contributed by atoms with E-state index < -0.39 is 5.08 Å². The quantitative estimate of drug-likeness (QED) is 0.634. The van der Waals surface area contributed by atoms with Gasteiger partial charge in [-0.05, 0) is 5.41 Å². The van der Waals surface area contributed by atoms with Crippen LogP contribution < -0.4 is 0 Å². The summed E-state index contributed by atoms with van der Waals surface area (Å²) in [5, 5.41) is -0.961. The van der Waals surface area contributed by atoms with Gasteiger partial charge in [-0.15, -0.1) is 0 Å². The van der Waals surface area contributed by atoms with Gasteiger partial charge in [-0.1, -0.05) is 52.6 Å². The zero-order valence-corrected chi connectivity index (χ0v) is 8.96. The highest BCUT2D eigenvalue weighted by atomic mass is 79.9. The summed E-state index contributed by atoms with van der Waals surface area (Å²) in [4.78, 5) is -0.120. The molecule has 0 aromatic rings. The molecule has 0 radical (unpaired) electrons. The molecule has 0 rings (SSSR count). The van der Waals surface area contributed by atoms with Crippen LogP contribution in [0.2, 0.25) is 0 Å². The molecule has 0 spiro atoms. The predicted octanol–water partition coefficient (Wildman–Crippen LogP) is 3.49. The third kappa shape index (κ3) is 3.56. The van der Waals surface area contributed by atoms with Gasteiger partial charge < -0.3 is 0 Å². The molecule has 0 amide bonds. The van der Waals surface area contributed by atoms with E-state index in [4.69, 9.17) is 0 Å². The summed E-state index contributed by atoms with van der Waals surface area (Å²) in [6.45, 7) is 5.96. The molecular formula is C6H11Br2F. The molecule has 0 N–H and O–H groups in total. The second-order valence-corrected chi connectivity index (χ2v) is 4.96. The van der Waals surface area contributed by atoms with Gasteiger partial charge in [0.25, 0.3) is 0 Å². The fourth-order valence-electron chi connectivity index (χ4n) is 0.378. The normalized spacial score (nSPS) is 19.3. The first-order valence-corrected chi connectivity index (χ1v) is 4.61. The van der Waals surface area contributed by atoms with Gasteiger partial charge in [-0.2, -0.15) is 0 Å². The minimum Gasteiger partial charge on any atom is -0.234 e. The second kappa shape index (κ2) is 3.33. The first kappa shape index (κ1) is 9.89. The highest BCUT2D eigenvalue weighted by Crippen LogP contribution is 2.32. The Morgan fingerprint density at radius 1 is 1.22 bits per heavy atom. The average Bonchev–Trinajstić information content (AvgIpc) is 1.62. The SMILES string of the molecule is CC(C)(C)C(Br)C(F)Br. The maximum Gasteiger partial charge on any atom is 0.167 e. The van der Waals surface area contributed by atoms with Crippen LogP contribution in [-0.2, 0) is 0 Å². The summed E-state index contributed by atoms with van der Waals surface area (Å²) in [5.74, 6) is 0. The Bertz CT molecular complexity index is 85.5. The van der Waals surface area contributed by atoms with Crippen molar-refractivity contribution in [2.24, 2.45) is 5.41 Å². The van der Waals surface area contributed by atoms with Crippen LogP contribution in [0.1, 0.15) is 20.8 Å². The van der Waals surface area contributed by atoms with E-state index in [1.165, 1.54) is 0 Å². The van der Waals surface area contributed by atoms with Crippen LogP contribution in [0.4, 0.5) is 4.39 Å². The molecule has 0 aliphatic rings. The Labute approximate surface area is 72.5 Å². The third-order valence-electron chi connectivity index (χ3n) is 1.05. The minimum absolute atomic E-state index is 0.0249. The Balaban J connectivity index is 3.88. The van der Waals surface area contributed by atoms with Crippen molar-refractivity contribution < 1.29 is 4.39 Å². The van der Waals surface area contributed by atoms with Gasteiger partial charge in [-0.25, -0.2) is 4.39 Å². The second-order valence-electron chi connectivity index (χ2n) is 3.10. The zero-order chi connectivity index (χ0) is 7.65. The molecular weight excluding hydrogens is 251 g/mol. The van der Waals surface area contributed by atoms with Gasteiger partial charge in [0, 0.05) is 0 Å². The minimum atomic E-state index is -0.961. The summed E-state index contributed by atoms with van der Waals surface area (Å²) in [7, 11) is 0. The van der Waals surface area contributed by atoms with Gasteiger partial charge in [0.05, 0.1) is 4.83 Å². The summed E-state index contributed by atoms with van der Waals surface area (Å²) >= 11 is 6.10. The lowest BCUT2D eigenvalue weighted by molar-refractivity contribution is 0.316. The highest BCUT2D eigenvalue weighted by molar-refractivity contribution is 9.12. The summed E-state index contributed by atoms with van der Waals surface area (Å²) in [6, 6.07) is 0. The lowest BCUT2D eigenvalue weighted by Gasteiger charge is -2.25. The maximum atomic E-state index is 12.5. The van der Waals surface area contributed by atoms with Crippen molar-refractivity contribution in [2.75, 3.05) is 0 Å². The van der Waals surface area contributed by atoms with E-state index in [2.05, 4.69) is 31.9 Å². The molecule has 0 saturated heterocycles.